The molecule has 1 aliphatic rings. The quantitative estimate of drug-likeness (QED) is 0.571. The smallest absolute Gasteiger partial charge is 0.264 e. The second-order valence-corrected chi connectivity index (χ2v) is 3.12. The minimum Gasteiger partial charge on any atom is -0.478 e. The number of β-lactam (4-membered cyclic amide) rings is 1. The van der Waals surface area contributed by atoms with Gasteiger partial charge in [0.25, 0.3) is 5.91 Å². The number of carbonyl (C=O) groups excluding carboxylic acids is 1. The zero-order valence-corrected chi connectivity index (χ0v) is 7.64. The van der Waals surface area contributed by atoms with Crippen molar-refractivity contribution in [1.29, 1.82) is 0 Å². The van der Waals surface area contributed by atoms with Crippen molar-refractivity contribution in [3.8, 4) is 5.75 Å². The Morgan fingerprint density at radius 3 is 2.64 bits per heavy atom. The summed E-state index contributed by atoms with van der Waals surface area (Å²) in [5.41, 5.74) is 0. The van der Waals surface area contributed by atoms with Gasteiger partial charge < -0.3 is 10.1 Å². The molecular weight excluding hydrogens is 178 g/mol. The van der Waals surface area contributed by atoms with Gasteiger partial charge in [0.05, 0.1) is 6.04 Å². The van der Waals surface area contributed by atoms with Gasteiger partial charge in [-0.1, -0.05) is 24.3 Å². The molecule has 72 valence electrons. The van der Waals surface area contributed by atoms with E-state index in [9.17, 15) is 4.79 Å². The van der Waals surface area contributed by atoms with Crippen LogP contribution >= 0.6 is 0 Å². The molecule has 2 unspecified atom stereocenters. The van der Waals surface area contributed by atoms with E-state index in [1.807, 2.05) is 30.3 Å². The van der Waals surface area contributed by atoms with Crippen molar-refractivity contribution in [2.45, 2.75) is 12.1 Å². The van der Waals surface area contributed by atoms with Crippen LogP contribution < -0.4 is 10.1 Å². The number of para-hydroxylation sites is 1. The van der Waals surface area contributed by atoms with E-state index in [4.69, 9.17) is 4.74 Å². The Bertz CT molecular complexity index is 348. The number of nitrogens with one attached hydrogen (secondary N) is 1. The summed E-state index contributed by atoms with van der Waals surface area (Å²) in [5.74, 6) is 0.623. The van der Waals surface area contributed by atoms with Crippen LogP contribution in [0.2, 0.25) is 0 Å². The van der Waals surface area contributed by atoms with Crippen LogP contribution in [-0.4, -0.2) is 18.1 Å². The van der Waals surface area contributed by atoms with Crippen LogP contribution in [0.4, 0.5) is 0 Å². The van der Waals surface area contributed by atoms with E-state index in [-0.39, 0.29) is 11.9 Å². The highest BCUT2D eigenvalue weighted by Gasteiger charge is 2.39. The minimum absolute atomic E-state index is 0.0669. The van der Waals surface area contributed by atoms with Crippen molar-refractivity contribution in [2.24, 2.45) is 0 Å². The standard InChI is InChI=1S/C11H11NO2/c1-2-9-10(11(13)12-9)14-8-6-4-3-5-7-8/h2-7,9-10H,1H2,(H,12,13). The van der Waals surface area contributed by atoms with Crippen LogP contribution in [0.1, 0.15) is 0 Å². The molecule has 1 aromatic carbocycles. The van der Waals surface area contributed by atoms with E-state index < -0.39 is 6.10 Å². The highest BCUT2D eigenvalue weighted by molar-refractivity contribution is 5.89. The van der Waals surface area contributed by atoms with Crippen molar-refractivity contribution in [2.75, 3.05) is 0 Å². The Labute approximate surface area is 82.4 Å². The summed E-state index contributed by atoms with van der Waals surface area (Å²) in [6.45, 7) is 3.61. The van der Waals surface area contributed by atoms with Gasteiger partial charge in [0, 0.05) is 0 Å². The number of hydrogen-bond acceptors (Lipinski definition) is 2. The first kappa shape index (κ1) is 8.81. The fraction of sp³-hybridized carbons (Fsp3) is 0.182. The monoisotopic (exact) mass is 189 g/mol. The van der Waals surface area contributed by atoms with Crippen molar-refractivity contribution in [3.05, 3.63) is 43.0 Å². The summed E-state index contributed by atoms with van der Waals surface area (Å²) in [7, 11) is 0. The lowest BCUT2D eigenvalue weighted by Gasteiger charge is -2.34. The first-order valence-corrected chi connectivity index (χ1v) is 4.46. The maximum absolute atomic E-state index is 11.1. The van der Waals surface area contributed by atoms with E-state index in [0.717, 1.165) is 0 Å². The Morgan fingerprint density at radius 1 is 1.36 bits per heavy atom. The fourth-order valence-electron chi connectivity index (χ4n) is 1.34. The summed E-state index contributed by atoms with van der Waals surface area (Å²) in [6.07, 6.45) is 1.25. The van der Waals surface area contributed by atoms with Gasteiger partial charge in [0.2, 0.25) is 6.10 Å². The molecular formula is C11H11NO2. The van der Waals surface area contributed by atoms with Gasteiger partial charge in [0.1, 0.15) is 5.75 Å². The maximum Gasteiger partial charge on any atom is 0.264 e. The molecule has 0 aromatic heterocycles. The second-order valence-electron chi connectivity index (χ2n) is 3.12. The third kappa shape index (κ3) is 1.48. The molecule has 2 rings (SSSR count). The van der Waals surface area contributed by atoms with Crippen LogP contribution in [0.25, 0.3) is 0 Å². The van der Waals surface area contributed by atoms with Crippen molar-refractivity contribution in [3.63, 3.8) is 0 Å². The molecule has 1 aromatic rings. The Morgan fingerprint density at radius 2 is 2.07 bits per heavy atom. The topological polar surface area (TPSA) is 38.3 Å². The van der Waals surface area contributed by atoms with Gasteiger partial charge in [-0.15, -0.1) is 6.58 Å². The maximum atomic E-state index is 11.1. The molecule has 3 nitrogen and oxygen atoms in total. The minimum atomic E-state index is -0.421. The van der Waals surface area contributed by atoms with E-state index in [1.165, 1.54) is 0 Å². The lowest BCUT2D eigenvalue weighted by molar-refractivity contribution is -0.138. The Balaban J connectivity index is 2.04. The lowest BCUT2D eigenvalue weighted by Crippen LogP contribution is -2.63. The highest BCUT2D eigenvalue weighted by Crippen LogP contribution is 2.17. The predicted molar refractivity (Wildman–Crippen MR) is 53.0 cm³/mol. The average molecular weight is 189 g/mol. The van der Waals surface area contributed by atoms with Crippen LogP contribution in [-0.2, 0) is 4.79 Å². The number of carbonyl (C=O) groups is 1. The molecule has 0 bridgehead atoms. The van der Waals surface area contributed by atoms with Crippen molar-refractivity contribution in [1.82, 2.24) is 5.32 Å². The molecule has 14 heavy (non-hydrogen) atoms. The number of rotatable bonds is 3. The molecule has 1 heterocycles. The van der Waals surface area contributed by atoms with Crippen LogP contribution in [0.5, 0.6) is 5.75 Å². The highest BCUT2D eigenvalue weighted by atomic mass is 16.5. The number of ether oxygens (including phenoxy) is 1. The van der Waals surface area contributed by atoms with Crippen LogP contribution in [0.3, 0.4) is 0 Å². The summed E-state index contributed by atoms with van der Waals surface area (Å²) in [5, 5.41) is 2.68. The molecule has 1 N–H and O–H groups in total. The van der Waals surface area contributed by atoms with E-state index >= 15 is 0 Å². The molecule has 3 heteroatoms. The van der Waals surface area contributed by atoms with E-state index in [0.29, 0.717) is 5.75 Å². The molecule has 1 saturated heterocycles. The summed E-state index contributed by atoms with van der Waals surface area (Å²) in [6, 6.07) is 9.22. The third-order valence-electron chi connectivity index (χ3n) is 2.15. The molecule has 1 amide bonds. The largest absolute Gasteiger partial charge is 0.478 e. The summed E-state index contributed by atoms with van der Waals surface area (Å²) in [4.78, 5) is 11.1. The Kier molecular flexibility index (Phi) is 2.23. The zero-order valence-electron chi connectivity index (χ0n) is 7.64. The molecule has 0 saturated carbocycles. The first-order chi connectivity index (χ1) is 6.81. The number of amides is 1. The van der Waals surface area contributed by atoms with Crippen LogP contribution in [0, 0.1) is 0 Å². The van der Waals surface area contributed by atoms with E-state index in [2.05, 4.69) is 11.9 Å². The van der Waals surface area contributed by atoms with Gasteiger partial charge in [-0.05, 0) is 12.1 Å². The van der Waals surface area contributed by atoms with Crippen LogP contribution in [0.15, 0.2) is 43.0 Å². The summed E-state index contributed by atoms with van der Waals surface area (Å²) >= 11 is 0. The van der Waals surface area contributed by atoms with Gasteiger partial charge in [-0.3, -0.25) is 4.79 Å². The average Bonchev–Trinajstić information content (AvgIpc) is 2.24. The molecule has 0 aliphatic carbocycles. The molecule has 1 fully saturated rings. The van der Waals surface area contributed by atoms with E-state index in [1.54, 1.807) is 6.08 Å². The lowest BCUT2D eigenvalue weighted by atomic mass is 10.0. The SMILES string of the molecule is C=CC1NC(=O)C1Oc1ccccc1. The second kappa shape index (κ2) is 3.54. The third-order valence-corrected chi connectivity index (χ3v) is 2.15. The zero-order chi connectivity index (χ0) is 9.97. The normalized spacial score (nSPS) is 24.7. The number of hydrogen-bond donors (Lipinski definition) is 1. The van der Waals surface area contributed by atoms with Gasteiger partial charge in [-0.2, -0.15) is 0 Å². The number of benzene rings is 1. The van der Waals surface area contributed by atoms with Crippen molar-refractivity contribution >= 4 is 5.91 Å². The first-order valence-electron chi connectivity index (χ1n) is 4.46. The molecule has 0 radical (unpaired) electrons. The molecule has 0 spiro atoms. The van der Waals surface area contributed by atoms with Gasteiger partial charge in [0.15, 0.2) is 0 Å². The fourth-order valence-corrected chi connectivity index (χ4v) is 1.34. The molecule has 1 aliphatic heterocycles. The Hall–Kier alpha value is -1.77. The molecule has 2 atom stereocenters. The summed E-state index contributed by atoms with van der Waals surface area (Å²) < 4.78 is 5.48. The van der Waals surface area contributed by atoms with Gasteiger partial charge >= 0.3 is 0 Å². The van der Waals surface area contributed by atoms with Gasteiger partial charge in [-0.25, -0.2) is 0 Å². The van der Waals surface area contributed by atoms with Crippen molar-refractivity contribution < 1.29 is 9.53 Å². The predicted octanol–water partition coefficient (Wildman–Crippen LogP) is 1.12.